The standard InChI is InChI=1S/C99H189N23/c1-30-38-54-115(55-39-31-2)82-102-83(116(56-40-32-3)57-41-33-4)105-88(104-82)121(79-72-96(21,22)112-97(23,24)73-79)64-52-48-46-50-62-119(77-68-92(13,14)110-93(15,16)69-77)86-100-81(114(29)76-66-90(9,10)109-91(11,12)67-76)101-87(108-86)120(78-70-94(17,18)111-95(19,20)71-78)63-51-47-49-53-65-122(80-74-98(25,26)113-99(27,28)75-80)89-106-84(117(58-42-34-5)59-43-35-6)103-85(107-89)118(60-44-36-7)61-45-37-8/h76-80,109-113H,30-75H2,1-29H3. The number of hydrogen-bond donors (Lipinski definition) is 5. The Kier molecular flexibility index (Phi) is 38.1. The van der Waals surface area contributed by atoms with Crippen LogP contribution in [-0.4, -0.2) is 216 Å². The highest BCUT2D eigenvalue weighted by Crippen LogP contribution is 2.42. The van der Waals surface area contributed by atoms with Crippen molar-refractivity contribution in [3.63, 3.8) is 0 Å². The van der Waals surface area contributed by atoms with Crippen molar-refractivity contribution < 1.29 is 0 Å². The lowest BCUT2D eigenvalue weighted by molar-refractivity contribution is 0.156. The number of piperidine rings is 5. The number of anilines is 9. The van der Waals surface area contributed by atoms with Crippen LogP contribution in [0, 0.1) is 0 Å². The first-order valence-corrected chi connectivity index (χ1v) is 50.3. The lowest BCUT2D eigenvalue weighted by Gasteiger charge is -2.51. The maximum atomic E-state index is 6.04. The molecule has 0 aliphatic carbocycles. The maximum Gasteiger partial charge on any atom is 0.232 e. The summed E-state index contributed by atoms with van der Waals surface area (Å²) in [4.78, 5) is 74.6. The van der Waals surface area contributed by atoms with Crippen molar-refractivity contribution in [1.82, 2.24) is 71.4 Å². The van der Waals surface area contributed by atoms with Crippen molar-refractivity contribution in [1.29, 1.82) is 0 Å². The number of hydrogen-bond acceptors (Lipinski definition) is 23. The molecule has 3 aromatic heterocycles. The Bertz CT molecular complexity index is 3160. The average Bonchev–Trinajstić information content (AvgIpc) is 0.770. The van der Waals surface area contributed by atoms with Gasteiger partial charge in [0.05, 0.1) is 0 Å². The summed E-state index contributed by atoms with van der Waals surface area (Å²) in [6.45, 7) is 77.5. The lowest BCUT2D eigenvalue weighted by Crippen LogP contribution is -2.63. The van der Waals surface area contributed by atoms with Gasteiger partial charge < -0.3 is 70.7 Å². The zero-order valence-corrected chi connectivity index (χ0v) is 84.5. The Morgan fingerprint density at radius 2 is 0.344 bits per heavy atom. The molecule has 3 aromatic rings. The van der Waals surface area contributed by atoms with Crippen molar-refractivity contribution in [3.05, 3.63) is 0 Å². The van der Waals surface area contributed by atoms with E-state index in [1.807, 2.05) is 0 Å². The molecule has 0 bridgehead atoms. The molecule has 8 rings (SSSR count). The second-order valence-corrected chi connectivity index (χ2v) is 45.5. The van der Waals surface area contributed by atoms with E-state index in [2.05, 4.69) is 272 Å². The molecule has 700 valence electrons. The van der Waals surface area contributed by atoms with Crippen LogP contribution in [0.5, 0.6) is 0 Å². The van der Waals surface area contributed by atoms with E-state index in [-0.39, 0.29) is 85.6 Å². The molecule has 0 amide bonds. The van der Waals surface area contributed by atoms with Crippen LogP contribution >= 0.6 is 0 Å². The Balaban J connectivity index is 1.18. The molecule has 0 radical (unpaired) electrons. The summed E-state index contributed by atoms with van der Waals surface area (Å²) in [5, 5.41) is 20.3. The quantitative estimate of drug-likeness (QED) is 0.0333. The first-order valence-electron chi connectivity index (χ1n) is 50.3. The minimum atomic E-state index is -0.116. The van der Waals surface area contributed by atoms with Crippen LogP contribution in [0.3, 0.4) is 0 Å². The fourth-order valence-corrected chi connectivity index (χ4v) is 22.6. The van der Waals surface area contributed by atoms with E-state index in [0.29, 0.717) is 0 Å². The second-order valence-electron chi connectivity index (χ2n) is 45.5. The summed E-state index contributed by atoms with van der Waals surface area (Å²) in [6, 6.07) is 1.09. The van der Waals surface area contributed by atoms with Crippen LogP contribution in [0.4, 0.5) is 53.5 Å². The summed E-state index contributed by atoms with van der Waals surface area (Å²) < 4.78 is 0. The van der Waals surface area contributed by atoms with E-state index in [1.54, 1.807) is 0 Å². The Morgan fingerprint density at radius 1 is 0.197 bits per heavy atom. The topological polar surface area (TPSA) is 205 Å². The van der Waals surface area contributed by atoms with Gasteiger partial charge >= 0.3 is 0 Å². The Hall–Kier alpha value is -4.97. The molecule has 8 heterocycles. The number of unbranched alkanes of at least 4 members (excludes halogenated alkanes) is 14. The number of aromatic nitrogens is 9. The second kappa shape index (κ2) is 45.3. The molecule has 5 saturated heterocycles. The van der Waals surface area contributed by atoms with Crippen LogP contribution in [0.25, 0.3) is 0 Å². The minimum Gasteiger partial charge on any atom is -0.341 e. The minimum absolute atomic E-state index is 0.0652. The molecular weight excluding hydrogens is 1510 g/mol. The molecule has 122 heavy (non-hydrogen) atoms. The van der Waals surface area contributed by atoms with Gasteiger partial charge in [-0.2, -0.15) is 44.9 Å². The third kappa shape index (κ3) is 31.8. The van der Waals surface area contributed by atoms with Gasteiger partial charge in [0, 0.05) is 171 Å². The van der Waals surface area contributed by atoms with Crippen molar-refractivity contribution in [2.75, 3.05) is 130 Å². The molecule has 0 atom stereocenters. The van der Waals surface area contributed by atoms with E-state index in [9.17, 15) is 0 Å². The van der Waals surface area contributed by atoms with Crippen LogP contribution in [0.15, 0.2) is 0 Å². The Labute approximate surface area is 748 Å². The highest BCUT2D eigenvalue weighted by Gasteiger charge is 2.48. The molecule has 23 heteroatoms. The summed E-state index contributed by atoms with van der Waals surface area (Å²) in [5.74, 6) is 7.58. The van der Waals surface area contributed by atoms with Crippen LogP contribution < -0.4 is 70.7 Å². The van der Waals surface area contributed by atoms with Crippen molar-refractivity contribution >= 4 is 53.5 Å². The fourth-order valence-electron chi connectivity index (χ4n) is 22.6. The van der Waals surface area contributed by atoms with Gasteiger partial charge in [-0.25, -0.2) is 0 Å². The monoisotopic (exact) mass is 1700 g/mol. The summed E-state index contributed by atoms with van der Waals surface area (Å²) in [7, 11) is 2.29. The van der Waals surface area contributed by atoms with Gasteiger partial charge in [-0.15, -0.1) is 0 Å². The van der Waals surface area contributed by atoms with Gasteiger partial charge in [0.25, 0.3) is 0 Å². The van der Waals surface area contributed by atoms with Gasteiger partial charge in [-0.3, -0.25) is 0 Å². The van der Waals surface area contributed by atoms with E-state index in [1.165, 1.54) is 0 Å². The molecule has 0 unspecified atom stereocenters. The van der Waals surface area contributed by atoms with E-state index < -0.39 is 0 Å². The summed E-state index contributed by atoms with van der Waals surface area (Å²) >= 11 is 0. The van der Waals surface area contributed by atoms with Crippen molar-refractivity contribution in [3.8, 4) is 0 Å². The average molecular weight is 1700 g/mol. The molecule has 0 saturated carbocycles. The van der Waals surface area contributed by atoms with Crippen molar-refractivity contribution in [2.45, 2.75) is 498 Å². The van der Waals surface area contributed by atoms with Gasteiger partial charge in [0.15, 0.2) is 0 Å². The highest BCUT2D eigenvalue weighted by atomic mass is 15.4. The first kappa shape index (κ1) is 102. The van der Waals surface area contributed by atoms with Gasteiger partial charge in [-0.1, -0.05) is 132 Å². The predicted octanol–water partition coefficient (Wildman–Crippen LogP) is 20.6. The van der Waals surface area contributed by atoms with Crippen LogP contribution in [0.1, 0.15) is 412 Å². The molecule has 5 fully saturated rings. The van der Waals surface area contributed by atoms with Gasteiger partial charge in [0.2, 0.25) is 53.5 Å². The Morgan fingerprint density at radius 3 is 0.516 bits per heavy atom. The zero-order chi connectivity index (χ0) is 89.7. The van der Waals surface area contributed by atoms with Crippen LogP contribution in [0.2, 0.25) is 0 Å². The smallest absolute Gasteiger partial charge is 0.232 e. The molecule has 23 nitrogen and oxygen atoms in total. The normalized spacial score (nSPS) is 20.5. The predicted molar refractivity (Wildman–Crippen MR) is 524 cm³/mol. The maximum absolute atomic E-state index is 6.04. The first-order chi connectivity index (χ1) is 57.3. The molecule has 5 aliphatic heterocycles. The van der Waals surface area contributed by atoms with Crippen molar-refractivity contribution in [2.24, 2.45) is 0 Å². The number of nitrogens with zero attached hydrogens (tertiary/aromatic N) is 18. The third-order valence-corrected chi connectivity index (χ3v) is 26.8. The zero-order valence-electron chi connectivity index (χ0n) is 84.5. The molecule has 5 aliphatic rings. The SMILES string of the molecule is CCCCN(CCCC)c1nc(N(CCCC)CCCC)nc(N(CCCCCCN(c2nc(N(C)C3CC(C)(C)NC(C)(C)C3)nc(N(CCCCCCN(c3nc(N(CCCC)CCCC)nc(N(CCCC)CCCC)n3)C3CC(C)(C)NC(C)(C)C3)C3CC(C)(C)NC(C)(C)C3)n2)C2CC(C)(C)NC(C)(C)C2)C2CC(C)(C)NC(C)(C)C2)n1. The molecular formula is C99H189N23. The summed E-state index contributed by atoms with van der Waals surface area (Å²) in [5.41, 5.74) is -0.889. The summed E-state index contributed by atoms with van der Waals surface area (Å²) in [6.07, 6.45) is 36.2. The number of rotatable bonds is 52. The fraction of sp³-hybridized carbons (Fsp3) is 0.909. The largest absolute Gasteiger partial charge is 0.341 e. The highest BCUT2D eigenvalue weighted by molar-refractivity contribution is 5.52. The van der Waals surface area contributed by atoms with E-state index >= 15 is 0 Å². The molecule has 5 N–H and O–H groups in total. The third-order valence-electron chi connectivity index (χ3n) is 26.8. The molecule has 0 aromatic carbocycles. The number of nitrogens with one attached hydrogen (secondary N) is 5. The van der Waals surface area contributed by atoms with E-state index in [0.717, 1.165) is 350 Å². The lowest BCUT2D eigenvalue weighted by atomic mass is 9.79. The molecule has 0 spiro atoms. The van der Waals surface area contributed by atoms with E-state index in [4.69, 9.17) is 44.9 Å². The van der Waals surface area contributed by atoms with Gasteiger partial charge in [0.1, 0.15) is 0 Å². The van der Waals surface area contributed by atoms with Gasteiger partial charge in [-0.05, 0) is 280 Å². The van der Waals surface area contributed by atoms with Crippen LogP contribution in [-0.2, 0) is 0 Å².